The Bertz CT molecular complexity index is 1470. The molecule has 7 nitrogen and oxygen atoms in total. The highest BCUT2D eigenvalue weighted by Gasteiger charge is 2.32. The number of nitrogens with zero attached hydrogens (tertiary/aromatic N) is 3. The van der Waals surface area contributed by atoms with Gasteiger partial charge in [0.1, 0.15) is 11.6 Å². The minimum Gasteiger partial charge on any atom is -0.493 e. The van der Waals surface area contributed by atoms with Crippen LogP contribution >= 0.6 is 0 Å². The number of hydrogen-bond acceptors (Lipinski definition) is 6. The van der Waals surface area contributed by atoms with Crippen LogP contribution in [0.1, 0.15) is 39.2 Å². The van der Waals surface area contributed by atoms with E-state index in [9.17, 15) is 26.0 Å². The van der Waals surface area contributed by atoms with Gasteiger partial charge in [0.2, 0.25) is 0 Å². The lowest BCUT2D eigenvalue weighted by molar-refractivity contribution is -0.137. The summed E-state index contributed by atoms with van der Waals surface area (Å²) in [5, 5.41) is 0. The normalized spacial score (nSPS) is 16.6. The number of sulfonamides is 1. The topological polar surface area (TPSA) is 74.8 Å². The third kappa shape index (κ3) is 7.48. The number of rotatable bonds is 10. The van der Waals surface area contributed by atoms with Gasteiger partial charge in [-0.15, -0.1) is 0 Å². The number of ether oxygens (including phenoxy) is 1. The Morgan fingerprint density at radius 1 is 1.05 bits per heavy atom. The van der Waals surface area contributed by atoms with Gasteiger partial charge in [0.25, 0.3) is 10.0 Å². The van der Waals surface area contributed by atoms with Gasteiger partial charge in [0.15, 0.2) is 5.82 Å². The van der Waals surface area contributed by atoms with Gasteiger partial charge in [-0.2, -0.15) is 13.2 Å². The second-order valence-electron chi connectivity index (χ2n) is 10.1. The van der Waals surface area contributed by atoms with E-state index in [0.29, 0.717) is 41.9 Å². The molecule has 12 heteroatoms. The highest BCUT2D eigenvalue weighted by Crippen LogP contribution is 2.35. The quantitative estimate of drug-likeness (QED) is 0.273. The number of alkyl halides is 3. The second-order valence-corrected chi connectivity index (χ2v) is 11.8. The summed E-state index contributed by atoms with van der Waals surface area (Å²) < 4.78 is 89.3. The molecular formula is C29H34F4N4O3S. The molecule has 0 unspecified atom stereocenters. The zero-order valence-corrected chi connectivity index (χ0v) is 24.0. The van der Waals surface area contributed by atoms with Gasteiger partial charge in [-0.05, 0) is 68.3 Å². The Balaban J connectivity index is 1.76. The van der Waals surface area contributed by atoms with Crippen molar-refractivity contribution in [3.63, 3.8) is 0 Å². The molecule has 41 heavy (non-hydrogen) atoms. The predicted octanol–water partition coefficient (Wildman–Crippen LogP) is 6.42. The van der Waals surface area contributed by atoms with Crippen LogP contribution in [0.15, 0.2) is 59.6 Å². The monoisotopic (exact) mass is 594 g/mol. The number of aromatic nitrogens is 1. The lowest BCUT2D eigenvalue weighted by Gasteiger charge is -2.41. The lowest BCUT2D eigenvalue weighted by atomic mass is 10.1. The molecule has 0 saturated carbocycles. The predicted molar refractivity (Wildman–Crippen MR) is 151 cm³/mol. The minimum absolute atomic E-state index is 0.0197. The van der Waals surface area contributed by atoms with Gasteiger partial charge in [0.05, 0.1) is 22.8 Å². The van der Waals surface area contributed by atoms with Gasteiger partial charge in [-0.3, -0.25) is 9.62 Å². The maximum absolute atomic E-state index is 14.5. The highest BCUT2D eigenvalue weighted by atomic mass is 32.2. The van der Waals surface area contributed by atoms with Crippen molar-refractivity contribution in [2.45, 2.75) is 50.7 Å². The van der Waals surface area contributed by atoms with E-state index in [1.807, 2.05) is 18.7 Å². The number of hydrogen-bond donors (Lipinski definition) is 1. The number of benzene rings is 2. The fourth-order valence-electron chi connectivity index (χ4n) is 4.86. The average Bonchev–Trinajstić information content (AvgIpc) is 2.91. The molecule has 4 rings (SSSR count). The van der Waals surface area contributed by atoms with Crippen LogP contribution in [0.4, 0.5) is 29.1 Å². The SMILES string of the molecule is CCCOc1cc(F)cc(-c2cnc(N3CCN(CCC)C[C@H]3C)c(NS(=O)(=O)c3cccc(C(F)(F)F)c3)c2)c1. The van der Waals surface area contributed by atoms with Crippen molar-refractivity contribution < 1.29 is 30.7 Å². The molecule has 3 aromatic rings. The zero-order valence-electron chi connectivity index (χ0n) is 23.2. The van der Waals surface area contributed by atoms with E-state index in [1.54, 1.807) is 6.07 Å². The fourth-order valence-corrected chi connectivity index (χ4v) is 5.96. The summed E-state index contributed by atoms with van der Waals surface area (Å²) in [4.78, 5) is 8.34. The summed E-state index contributed by atoms with van der Waals surface area (Å²) in [5.41, 5.74) is -0.174. The molecule has 0 bridgehead atoms. The first-order chi connectivity index (χ1) is 19.4. The van der Waals surface area contributed by atoms with Gasteiger partial charge >= 0.3 is 6.18 Å². The van der Waals surface area contributed by atoms with Crippen LogP contribution in [-0.2, 0) is 16.2 Å². The number of anilines is 2. The zero-order chi connectivity index (χ0) is 29.8. The summed E-state index contributed by atoms with van der Waals surface area (Å²) in [6.07, 6.45) is -1.45. The van der Waals surface area contributed by atoms with Crippen molar-refractivity contribution in [1.82, 2.24) is 9.88 Å². The first-order valence-corrected chi connectivity index (χ1v) is 15.0. The van der Waals surface area contributed by atoms with E-state index in [1.165, 1.54) is 24.4 Å². The van der Waals surface area contributed by atoms with Gasteiger partial charge in [0, 0.05) is 43.5 Å². The van der Waals surface area contributed by atoms with Crippen LogP contribution in [0.3, 0.4) is 0 Å². The number of nitrogens with one attached hydrogen (secondary N) is 1. The first kappa shape index (κ1) is 30.6. The summed E-state index contributed by atoms with van der Waals surface area (Å²) >= 11 is 0. The number of halogens is 4. The Labute approximate surface area is 238 Å². The minimum atomic E-state index is -4.71. The Morgan fingerprint density at radius 3 is 2.51 bits per heavy atom. The highest BCUT2D eigenvalue weighted by molar-refractivity contribution is 7.92. The molecule has 1 fully saturated rings. The van der Waals surface area contributed by atoms with Crippen LogP contribution in [0, 0.1) is 5.82 Å². The molecule has 1 aliphatic rings. The molecule has 1 aliphatic heterocycles. The van der Waals surface area contributed by atoms with Crippen molar-refractivity contribution in [2.75, 3.05) is 42.4 Å². The molecule has 1 saturated heterocycles. The molecule has 1 aromatic heterocycles. The van der Waals surface area contributed by atoms with Crippen molar-refractivity contribution >= 4 is 21.5 Å². The van der Waals surface area contributed by atoms with Crippen LogP contribution in [-0.4, -0.2) is 57.1 Å². The molecule has 1 atom stereocenters. The largest absolute Gasteiger partial charge is 0.493 e. The molecular weight excluding hydrogens is 560 g/mol. The van der Waals surface area contributed by atoms with E-state index < -0.39 is 32.5 Å². The smallest absolute Gasteiger partial charge is 0.416 e. The maximum atomic E-state index is 14.5. The molecule has 0 spiro atoms. The fraction of sp³-hybridized carbons (Fsp3) is 0.414. The molecule has 0 radical (unpaired) electrons. The molecule has 2 aromatic carbocycles. The van der Waals surface area contributed by atoms with Gasteiger partial charge in [-0.25, -0.2) is 17.8 Å². The van der Waals surface area contributed by atoms with Crippen LogP contribution in [0.5, 0.6) is 5.75 Å². The Kier molecular flexibility index (Phi) is 9.43. The average molecular weight is 595 g/mol. The second kappa shape index (κ2) is 12.6. The number of piperazine rings is 1. The first-order valence-electron chi connectivity index (χ1n) is 13.5. The van der Waals surface area contributed by atoms with Crippen molar-refractivity contribution in [2.24, 2.45) is 0 Å². The third-order valence-corrected chi connectivity index (χ3v) is 8.15. The van der Waals surface area contributed by atoms with Crippen LogP contribution in [0.25, 0.3) is 11.1 Å². The molecule has 1 N–H and O–H groups in total. The van der Waals surface area contributed by atoms with Gasteiger partial charge < -0.3 is 9.64 Å². The van der Waals surface area contributed by atoms with Crippen LogP contribution < -0.4 is 14.4 Å². The number of pyridine rings is 1. The van der Waals surface area contributed by atoms with E-state index in [-0.39, 0.29) is 11.7 Å². The summed E-state index contributed by atoms with van der Waals surface area (Å²) in [5.74, 6) is 0.119. The Morgan fingerprint density at radius 2 is 1.83 bits per heavy atom. The standard InChI is InChI=1S/C29H34F4N4O3S/c1-4-9-36-10-11-37(20(3)19-36)28-27(35-41(38,39)26-8-6-7-23(16-26)29(31,32)33)15-22(18-34-28)21-13-24(30)17-25(14-21)40-12-5-2/h6-8,13-18,20,35H,4-5,9-12,19H2,1-3H3/t20-/m1/s1. The molecule has 2 heterocycles. The lowest BCUT2D eigenvalue weighted by Crippen LogP contribution is -2.52. The Hall–Kier alpha value is -3.38. The maximum Gasteiger partial charge on any atom is 0.416 e. The van der Waals surface area contributed by atoms with Crippen LogP contribution in [0.2, 0.25) is 0 Å². The van der Waals surface area contributed by atoms with E-state index in [2.05, 4.69) is 21.5 Å². The van der Waals surface area contributed by atoms with E-state index >= 15 is 0 Å². The molecule has 222 valence electrons. The summed E-state index contributed by atoms with van der Waals surface area (Å²) in [7, 11) is -4.45. The van der Waals surface area contributed by atoms with E-state index in [4.69, 9.17) is 4.74 Å². The van der Waals surface area contributed by atoms with E-state index in [0.717, 1.165) is 50.7 Å². The summed E-state index contributed by atoms with van der Waals surface area (Å²) in [6.45, 7) is 9.40. The van der Waals surface area contributed by atoms with Crippen molar-refractivity contribution in [3.05, 3.63) is 66.1 Å². The summed E-state index contributed by atoms with van der Waals surface area (Å²) in [6, 6.07) is 9.24. The third-order valence-electron chi connectivity index (χ3n) is 6.78. The molecule has 0 amide bonds. The van der Waals surface area contributed by atoms with Crippen molar-refractivity contribution in [1.29, 1.82) is 0 Å². The molecule has 0 aliphatic carbocycles. The van der Waals surface area contributed by atoms with Gasteiger partial charge in [-0.1, -0.05) is 19.9 Å². The van der Waals surface area contributed by atoms with Crippen molar-refractivity contribution in [3.8, 4) is 16.9 Å².